The lowest BCUT2D eigenvalue weighted by molar-refractivity contribution is 0.211. The summed E-state index contributed by atoms with van der Waals surface area (Å²) in [4.78, 5) is 4.45. The maximum Gasteiger partial charge on any atom is 0.183 e. The Morgan fingerprint density at radius 2 is 2.31 bits per heavy atom. The molecule has 2 rings (SSSR count). The third kappa shape index (κ3) is 2.45. The molecule has 0 spiro atoms. The number of hydrogen-bond acceptors (Lipinski definition) is 4. The van der Waals surface area contributed by atoms with E-state index in [1.165, 1.54) is 0 Å². The van der Waals surface area contributed by atoms with E-state index in [-0.39, 0.29) is 0 Å². The van der Waals surface area contributed by atoms with Crippen LogP contribution in [0.2, 0.25) is 5.02 Å². The lowest BCUT2D eigenvalue weighted by Crippen LogP contribution is -2.06. The molecule has 86 valence electrons. The Kier molecular flexibility index (Phi) is 3.63. The average Bonchev–Trinajstić information content (AvgIpc) is 2.61. The Hall–Kier alpha value is -0.840. The monoisotopic (exact) mass is 256 g/mol. The second kappa shape index (κ2) is 4.99. The topological polar surface area (TPSA) is 34.1 Å². The predicted octanol–water partition coefficient (Wildman–Crippen LogP) is 3.32. The highest BCUT2D eigenvalue weighted by Gasteiger charge is 2.05. The number of fused-ring (bicyclic) bond motifs is 1. The van der Waals surface area contributed by atoms with Crippen molar-refractivity contribution in [3.05, 3.63) is 22.7 Å². The molecular weight excluding hydrogens is 244 g/mol. The van der Waals surface area contributed by atoms with Crippen molar-refractivity contribution < 1.29 is 4.74 Å². The summed E-state index contributed by atoms with van der Waals surface area (Å²) < 4.78 is 6.12. The van der Waals surface area contributed by atoms with Crippen LogP contribution in [0.4, 0.5) is 5.13 Å². The average molecular weight is 257 g/mol. The molecule has 0 aliphatic carbocycles. The number of methoxy groups -OCH3 is 1. The first-order valence-electron chi connectivity index (χ1n) is 5.00. The third-order valence-electron chi connectivity index (χ3n) is 2.25. The summed E-state index contributed by atoms with van der Waals surface area (Å²) >= 11 is 7.68. The van der Waals surface area contributed by atoms with E-state index in [9.17, 15) is 0 Å². The van der Waals surface area contributed by atoms with Gasteiger partial charge in [-0.15, -0.1) is 0 Å². The van der Waals surface area contributed by atoms with E-state index in [0.717, 1.165) is 32.5 Å². The zero-order chi connectivity index (χ0) is 11.5. The van der Waals surface area contributed by atoms with Gasteiger partial charge < -0.3 is 10.1 Å². The van der Waals surface area contributed by atoms with Gasteiger partial charge in [-0.3, -0.25) is 0 Å². The van der Waals surface area contributed by atoms with Gasteiger partial charge in [-0.2, -0.15) is 0 Å². The van der Waals surface area contributed by atoms with Gasteiger partial charge in [0, 0.05) is 18.7 Å². The number of anilines is 1. The minimum absolute atomic E-state index is 0.676. The van der Waals surface area contributed by atoms with Gasteiger partial charge >= 0.3 is 0 Å². The lowest BCUT2D eigenvalue weighted by Gasteiger charge is -1.99. The van der Waals surface area contributed by atoms with E-state index in [4.69, 9.17) is 16.3 Å². The molecule has 0 fully saturated rings. The van der Waals surface area contributed by atoms with E-state index in [0.29, 0.717) is 6.61 Å². The summed E-state index contributed by atoms with van der Waals surface area (Å²) in [5.41, 5.74) is 2.03. The molecule has 0 saturated heterocycles. The quantitative estimate of drug-likeness (QED) is 0.853. The van der Waals surface area contributed by atoms with Crippen molar-refractivity contribution in [1.29, 1.82) is 0 Å². The highest BCUT2D eigenvalue weighted by molar-refractivity contribution is 7.22. The molecule has 1 aromatic carbocycles. The molecule has 2 aromatic rings. The lowest BCUT2D eigenvalue weighted by atomic mass is 10.2. The fraction of sp³-hybridized carbons (Fsp3) is 0.364. The molecule has 1 heterocycles. The normalized spacial score (nSPS) is 10.9. The second-order valence-electron chi connectivity index (χ2n) is 3.51. The predicted molar refractivity (Wildman–Crippen MR) is 69.7 cm³/mol. The Labute approximate surface area is 103 Å². The number of nitrogens with zero attached hydrogens (tertiary/aromatic N) is 1. The van der Waals surface area contributed by atoms with E-state index in [1.807, 2.05) is 13.0 Å². The molecule has 0 bridgehead atoms. The van der Waals surface area contributed by atoms with Gasteiger partial charge in [0.05, 0.1) is 16.8 Å². The fourth-order valence-corrected chi connectivity index (χ4v) is 2.51. The standard InChI is InChI=1S/C11H13ClN2OS/c1-7-5-10-9(6-8(7)12)14-11(16-10)13-3-4-15-2/h5-6H,3-4H2,1-2H3,(H,13,14). The highest BCUT2D eigenvalue weighted by atomic mass is 35.5. The Balaban J connectivity index is 2.23. The van der Waals surface area contributed by atoms with Crippen LogP contribution in [-0.4, -0.2) is 25.2 Å². The Morgan fingerprint density at radius 1 is 1.50 bits per heavy atom. The number of aromatic nitrogens is 1. The Morgan fingerprint density at radius 3 is 3.06 bits per heavy atom. The van der Waals surface area contributed by atoms with Crippen LogP contribution in [0.1, 0.15) is 5.56 Å². The molecule has 1 aromatic heterocycles. The zero-order valence-corrected chi connectivity index (χ0v) is 10.8. The summed E-state index contributed by atoms with van der Waals surface area (Å²) in [6.07, 6.45) is 0. The van der Waals surface area contributed by atoms with Crippen molar-refractivity contribution in [2.75, 3.05) is 25.6 Å². The highest BCUT2D eigenvalue weighted by Crippen LogP contribution is 2.30. The van der Waals surface area contributed by atoms with Crippen molar-refractivity contribution >= 4 is 38.3 Å². The largest absolute Gasteiger partial charge is 0.383 e. The van der Waals surface area contributed by atoms with Crippen molar-refractivity contribution in [2.45, 2.75) is 6.92 Å². The number of rotatable bonds is 4. The third-order valence-corrected chi connectivity index (χ3v) is 3.63. The molecule has 0 aliphatic rings. The molecule has 0 amide bonds. The van der Waals surface area contributed by atoms with Gasteiger partial charge in [-0.25, -0.2) is 4.98 Å². The maximum atomic E-state index is 6.05. The minimum Gasteiger partial charge on any atom is -0.383 e. The van der Waals surface area contributed by atoms with Crippen molar-refractivity contribution in [1.82, 2.24) is 4.98 Å². The molecule has 3 nitrogen and oxygen atoms in total. The number of benzene rings is 1. The van der Waals surface area contributed by atoms with E-state index in [1.54, 1.807) is 18.4 Å². The van der Waals surface area contributed by atoms with Crippen LogP contribution < -0.4 is 5.32 Å². The number of hydrogen-bond donors (Lipinski definition) is 1. The van der Waals surface area contributed by atoms with Crippen LogP contribution in [0.3, 0.4) is 0 Å². The molecule has 1 N–H and O–H groups in total. The first kappa shape index (κ1) is 11.6. The van der Waals surface area contributed by atoms with Gasteiger partial charge in [0.1, 0.15) is 0 Å². The van der Waals surface area contributed by atoms with Crippen LogP contribution in [0.25, 0.3) is 10.2 Å². The maximum absolute atomic E-state index is 6.05. The summed E-state index contributed by atoms with van der Waals surface area (Å²) in [6, 6.07) is 3.97. The molecule has 5 heteroatoms. The molecule has 0 aliphatic heterocycles. The number of aryl methyl sites for hydroxylation is 1. The molecule has 0 atom stereocenters. The molecule has 0 radical (unpaired) electrons. The van der Waals surface area contributed by atoms with Gasteiger partial charge in [0.25, 0.3) is 0 Å². The number of halogens is 1. The number of ether oxygens (including phenoxy) is 1. The van der Waals surface area contributed by atoms with Gasteiger partial charge in [0.2, 0.25) is 0 Å². The summed E-state index contributed by atoms with van der Waals surface area (Å²) in [5, 5.41) is 4.89. The summed E-state index contributed by atoms with van der Waals surface area (Å²) in [7, 11) is 1.68. The smallest absolute Gasteiger partial charge is 0.183 e. The van der Waals surface area contributed by atoms with Crippen LogP contribution in [0, 0.1) is 6.92 Å². The van der Waals surface area contributed by atoms with Crippen LogP contribution in [0.5, 0.6) is 0 Å². The van der Waals surface area contributed by atoms with Crippen molar-refractivity contribution in [2.24, 2.45) is 0 Å². The van der Waals surface area contributed by atoms with Gasteiger partial charge in [-0.05, 0) is 24.6 Å². The van der Waals surface area contributed by atoms with Crippen molar-refractivity contribution in [3.63, 3.8) is 0 Å². The Bertz CT molecular complexity index is 459. The second-order valence-corrected chi connectivity index (χ2v) is 4.95. The first-order valence-corrected chi connectivity index (χ1v) is 6.19. The first-order chi connectivity index (χ1) is 7.70. The summed E-state index contributed by atoms with van der Waals surface area (Å²) in [6.45, 7) is 3.44. The fourth-order valence-electron chi connectivity index (χ4n) is 1.39. The van der Waals surface area contributed by atoms with Crippen molar-refractivity contribution in [3.8, 4) is 0 Å². The van der Waals surface area contributed by atoms with Crippen LogP contribution in [0.15, 0.2) is 12.1 Å². The molecule has 0 saturated carbocycles. The van der Waals surface area contributed by atoms with Gasteiger partial charge in [-0.1, -0.05) is 22.9 Å². The van der Waals surface area contributed by atoms with E-state index >= 15 is 0 Å². The SMILES string of the molecule is COCCNc1nc2cc(Cl)c(C)cc2s1. The van der Waals surface area contributed by atoms with E-state index < -0.39 is 0 Å². The van der Waals surface area contributed by atoms with Gasteiger partial charge in [0.15, 0.2) is 5.13 Å². The molecule has 0 unspecified atom stereocenters. The summed E-state index contributed by atoms with van der Waals surface area (Å²) in [5.74, 6) is 0. The minimum atomic E-state index is 0.676. The number of thiazole rings is 1. The number of nitrogens with one attached hydrogen (secondary N) is 1. The van der Waals surface area contributed by atoms with E-state index in [2.05, 4.69) is 16.4 Å². The van der Waals surface area contributed by atoms with Crippen LogP contribution in [-0.2, 0) is 4.74 Å². The van der Waals surface area contributed by atoms with Crippen LogP contribution >= 0.6 is 22.9 Å². The molecule has 16 heavy (non-hydrogen) atoms. The zero-order valence-electron chi connectivity index (χ0n) is 9.21. The molecular formula is C11H13ClN2OS.